The van der Waals surface area contributed by atoms with Gasteiger partial charge >= 0.3 is 147 Å². The zero-order chi connectivity index (χ0) is 16.2. The predicted octanol–water partition coefficient (Wildman–Crippen LogP) is 8.07. The van der Waals surface area contributed by atoms with Crippen LogP contribution in [0.25, 0.3) is 0 Å². The van der Waals surface area contributed by atoms with Gasteiger partial charge in [0, 0.05) is 0 Å². The molecule has 0 saturated heterocycles. The van der Waals surface area contributed by atoms with Gasteiger partial charge in [-0.15, -0.1) is 0 Å². The minimum atomic E-state index is -1.89. The van der Waals surface area contributed by atoms with Gasteiger partial charge in [0.2, 0.25) is 0 Å². The second kappa shape index (κ2) is 13.3. The van der Waals surface area contributed by atoms with Gasteiger partial charge in [0.15, 0.2) is 0 Å². The van der Waals surface area contributed by atoms with E-state index in [0.717, 1.165) is 0 Å². The molecule has 0 heterocycles. The van der Waals surface area contributed by atoms with Crippen LogP contribution in [0.4, 0.5) is 0 Å². The van der Waals surface area contributed by atoms with Gasteiger partial charge in [0.25, 0.3) is 0 Å². The van der Waals surface area contributed by atoms with Crippen LogP contribution >= 0.6 is 6.13 Å². The van der Waals surface area contributed by atoms with E-state index in [9.17, 15) is 0 Å². The summed E-state index contributed by atoms with van der Waals surface area (Å²) in [6.45, 7) is 14.7. The Kier molecular flexibility index (Phi) is 14.5. The van der Waals surface area contributed by atoms with Crippen molar-refractivity contribution in [2.45, 2.75) is 107 Å². The Morgan fingerprint density at radius 3 is 0.762 bits per heavy atom. The summed E-state index contributed by atoms with van der Waals surface area (Å²) in [6.07, 6.45) is 11.7. The molecular weight excluding hydrogens is 486 g/mol. The summed E-state index contributed by atoms with van der Waals surface area (Å²) in [5.74, 6) is 0. The molecular formula is C18H42SSn2. The first-order valence-corrected chi connectivity index (χ1v) is 29.7. The third-order valence-corrected chi connectivity index (χ3v) is 95.1. The van der Waals surface area contributed by atoms with Crippen LogP contribution in [0.2, 0.25) is 26.6 Å². The maximum atomic E-state index is 2.85. The maximum absolute atomic E-state index is 2.85. The van der Waals surface area contributed by atoms with Crippen LogP contribution in [-0.4, -0.2) is 34.0 Å². The van der Waals surface area contributed by atoms with Crippen LogP contribution in [0.5, 0.6) is 0 Å². The Bertz CT molecular complexity index is 185. The Hall–Kier alpha value is 1.95. The quantitative estimate of drug-likeness (QED) is 0.206. The third kappa shape index (κ3) is 8.56. The van der Waals surface area contributed by atoms with Gasteiger partial charge in [0.1, 0.15) is 0 Å². The molecule has 128 valence electrons. The number of hydrogen-bond donors (Lipinski definition) is 0. The molecule has 0 radical (unpaired) electrons. The summed E-state index contributed by atoms with van der Waals surface area (Å²) < 4.78 is 10.1. The van der Waals surface area contributed by atoms with E-state index >= 15 is 0 Å². The Balaban J connectivity index is 5.30. The molecule has 0 aromatic rings. The van der Waals surface area contributed by atoms with E-state index < -0.39 is 34.0 Å². The van der Waals surface area contributed by atoms with Gasteiger partial charge in [-0.1, -0.05) is 0 Å². The Labute approximate surface area is 145 Å². The average Bonchev–Trinajstić information content (AvgIpc) is 2.40. The molecule has 0 aliphatic heterocycles. The van der Waals surface area contributed by atoms with Gasteiger partial charge in [-0.3, -0.25) is 0 Å². The van der Waals surface area contributed by atoms with Crippen LogP contribution in [0, 0.1) is 0 Å². The van der Waals surface area contributed by atoms with Crippen molar-refractivity contribution in [2.75, 3.05) is 0 Å². The molecule has 0 atom stereocenters. The summed E-state index contributed by atoms with van der Waals surface area (Å²) in [4.78, 5) is 0. The summed E-state index contributed by atoms with van der Waals surface area (Å²) >= 11 is -3.78. The van der Waals surface area contributed by atoms with E-state index in [2.05, 4.69) is 47.7 Å². The van der Waals surface area contributed by atoms with Crippen molar-refractivity contribution in [3.63, 3.8) is 0 Å². The third-order valence-electron chi connectivity index (χ3n) is 4.67. The second-order valence-electron chi connectivity index (χ2n) is 6.97. The topological polar surface area (TPSA) is 0 Å². The summed E-state index contributed by atoms with van der Waals surface area (Å²) in [7, 11) is 0. The summed E-state index contributed by atoms with van der Waals surface area (Å²) in [5, 5.41) is 0. The van der Waals surface area contributed by atoms with E-state index in [4.69, 9.17) is 0 Å². The van der Waals surface area contributed by atoms with Crippen molar-refractivity contribution in [3.8, 4) is 0 Å². The van der Waals surface area contributed by atoms with Crippen molar-refractivity contribution in [2.24, 2.45) is 0 Å². The molecule has 3 heteroatoms. The molecule has 0 bridgehead atoms. The van der Waals surface area contributed by atoms with Gasteiger partial charge < -0.3 is 0 Å². The van der Waals surface area contributed by atoms with Crippen LogP contribution in [0.3, 0.4) is 0 Å². The first-order chi connectivity index (χ1) is 10.1. The van der Waals surface area contributed by atoms with Crippen molar-refractivity contribution in [1.29, 1.82) is 0 Å². The van der Waals surface area contributed by atoms with Crippen molar-refractivity contribution in [3.05, 3.63) is 0 Å². The van der Waals surface area contributed by atoms with Crippen LogP contribution in [0.1, 0.15) is 80.1 Å². The van der Waals surface area contributed by atoms with Gasteiger partial charge in [0.05, 0.1) is 0 Å². The van der Waals surface area contributed by atoms with E-state index in [-0.39, 0.29) is 0 Å². The van der Waals surface area contributed by atoms with Crippen molar-refractivity contribution < 1.29 is 0 Å². The molecule has 0 amide bonds. The van der Waals surface area contributed by atoms with Crippen molar-refractivity contribution in [1.82, 2.24) is 0 Å². The van der Waals surface area contributed by atoms with E-state index in [1.165, 1.54) is 38.5 Å². The monoisotopic (exact) mass is 530 g/mol. The van der Waals surface area contributed by atoms with E-state index in [0.29, 0.717) is 0 Å². The zero-order valence-electron chi connectivity index (χ0n) is 15.9. The minimum absolute atomic E-state index is 1.47. The van der Waals surface area contributed by atoms with Crippen molar-refractivity contribution >= 4 is 40.1 Å². The molecule has 0 aromatic carbocycles. The molecule has 0 N–H and O–H groups in total. The zero-order valence-corrected chi connectivity index (χ0v) is 22.4. The molecule has 0 saturated carbocycles. The predicted molar refractivity (Wildman–Crippen MR) is 110 cm³/mol. The van der Waals surface area contributed by atoms with Gasteiger partial charge in [-0.05, 0) is 0 Å². The first kappa shape index (κ1) is 22.9. The molecule has 0 unspecified atom stereocenters. The molecule has 0 spiro atoms. The fourth-order valence-corrected chi connectivity index (χ4v) is 135. The van der Waals surface area contributed by atoms with Crippen LogP contribution < -0.4 is 0 Å². The molecule has 0 aromatic heterocycles. The number of rotatable bonds is 14. The van der Waals surface area contributed by atoms with Crippen LogP contribution in [0.15, 0.2) is 0 Å². The molecule has 21 heavy (non-hydrogen) atoms. The second-order valence-corrected chi connectivity index (χ2v) is 54.3. The van der Waals surface area contributed by atoms with Gasteiger partial charge in [-0.25, -0.2) is 0 Å². The first-order valence-electron chi connectivity index (χ1n) is 9.77. The molecule has 0 aliphatic carbocycles. The normalized spacial score (nSPS) is 12.9. The fourth-order valence-electron chi connectivity index (χ4n) is 4.25. The van der Waals surface area contributed by atoms with E-state index in [1.54, 1.807) is 26.6 Å². The Morgan fingerprint density at radius 2 is 0.619 bits per heavy atom. The SMILES string of the molecule is CC[CH2][Sn]([CH2]CC)([CH2]CC)[S][Sn]([CH2]CC)([CH2]CC)[CH2]CC. The molecule has 0 rings (SSSR count). The molecule has 0 nitrogen and oxygen atoms in total. The number of hydrogen-bond acceptors (Lipinski definition) is 1. The van der Waals surface area contributed by atoms with Crippen LogP contribution in [-0.2, 0) is 0 Å². The fraction of sp³-hybridized carbons (Fsp3) is 1.00. The standard InChI is InChI=1S/6C3H7.S.2Sn/c6*1-3-2;;;/h6*1,3H2,2H3;;;. The molecule has 0 fully saturated rings. The summed E-state index contributed by atoms with van der Waals surface area (Å²) in [5.41, 5.74) is 0. The average molecular weight is 528 g/mol. The van der Waals surface area contributed by atoms with Gasteiger partial charge in [-0.2, -0.15) is 0 Å². The van der Waals surface area contributed by atoms with E-state index in [1.807, 2.05) is 0 Å². The Morgan fingerprint density at radius 1 is 0.429 bits per heavy atom. The summed E-state index contributed by atoms with van der Waals surface area (Å²) in [6, 6.07) is 0. The molecule has 0 aliphatic rings.